The van der Waals surface area contributed by atoms with Crippen molar-refractivity contribution in [1.29, 1.82) is 0 Å². The van der Waals surface area contributed by atoms with Gasteiger partial charge in [-0.1, -0.05) is 26.7 Å². The van der Waals surface area contributed by atoms with Crippen LogP contribution in [0.5, 0.6) is 0 Å². The average molecular weight is 201 g/mol. The lowest BCUT2D eigenvalue weighted by molar-refractivity contribution is -0.146. The summed E-state index contributed by atoms with van der Waals surface area (Å²) in [4.78, 5) is 11.1. The van der Waals surface area contributed by atoms with Gasteiger partial charge in [-0.3, -0.25) is 4.79 Å². The summed E-state index contributed by atoms with van der Waals surface area (Å²) in [5.74, 6) is 0.218. The van der Waals surface area contributed by atoms with Gasteiger partial charge in [0.25, 0.3) is 0 Å². The maximum absolute atomic E-state index is 11.1. The monoisotopic (exact) mass is 201 g/mol. The fourth-order valence-corrected chi connectivity index (χ4v) is 1.46. The first-order valence-corrected chi connectivity index (χ1v) is 5.54. The van der Waals surface area contributed by atoms with E-state index < -0.39 is 6.04 Å². The van der Waals surface area contributed by atoms with Gasteiger partial charge in [0.05, 0.1) is 6.61 Å². The van der Waals surface area contributed by atoms with Crippen molar-refractivity contribution in [3.63, 3.8) is 0 Å². The molecule has 0 spiro atoms. The van der Waals surface area contributed by atoms with E-state index in [9.17, 15) is 4.79 Å². The third kappa shape index (κ3) is 5.97. The number of hydrogen-bond donors (Lipinski definition) is 1. The second-order valence-corrected chi connectivity index (χ2v) is 3.86. The molecular weight excluding hydrogens is 178 g/mol. The molecule has 84 valence electrons. The minimum absolute atomic E-state index is 0.290. The third-order valence-corrected chi connectivity index (χ3v) is 2.23. The number of ether oxygens (including phenoxy) is 1. The van der Waals surface area contributed by atoms with Crippen molar-refractivity contribution >= 4 is 5.97 Å². The molecule has 0 rings (SSSR count). The van der Waals surface area contributed by atoms with Gasteiger partial charge < -0.3 is 10.5 Å². The highest BCUT2D eigenvalue weighted by Gasteiger charge is 2.12. The molecule has 0 bridgehead atoms. The predicted molar refractivity (Wildman–Crippen MR) is 57.9 cm³/mol. The zero-order valence-electron chi connectivity index (χ0n) is 9.58. The molecule has 0 aromatic heterocycles. The summed E-state index contributed by atoms with van der Waals surface area (Å²) >= 11 is 0. The first-order chi connectivity index (χ1) is 6.61. The highest BCUT2D eigenvalue weighted by atomic mass is 16.5. The Kier molecular flexibility index (Phi) is 7.48. The summed E-state index contributed by atoms with van der Waals surface area (Å²) in [7, 11) is 0. The van der Waals surface area contributed by atoms with Crippen LogP contribution >= 0.6 is 0 Å². The number of carbonyl (C=O) groups is 1. The van der Waals surface area contributed by atoms with E-state index in [1.807, 2.05) is 0 Å². The van der Waals surface area contributed by atoms with Crippen LogP contribution in [0.15, 0.2) is 0 Å². The third-order valence-electron chi connectivity index (χ3n) is 2.23. The van der Waals surface area contributed by atoms with Crippen molar-refractivity contribution in [2.24, 2.45) is 11.7 Å². The summed E-state index contributed by atoms with van der Waals surface area (Å²) in [6.07, 6.45) is 4.53. The normalized spacial score (nSPS) is 12.9. The molecule has 0 unspecified atom stereocenters. The van der Waals surface area contributed by atoms with Crippen LogP contribution in [0, 0.1) is 5.92 Å². The van der Waals surface area contributed by atoms with Gasteiger partial charge >= 0.3 is 5.97 Å². The van der Waals surface area contributed by atoms with Crippen LogP contribution in [-0.2, 0) is 9.53 Å². The molecule has 0 saturated heterocycles. The zero-order valence-corrected chi connectivity index (χ0v) is 9.58. The summed E-state index contributed by atoms with van der Waals surface area (Å²) in [6.45, 7) is 6.48. The quantitative estimate of drug-likeness (QED) is 0.642. The van der Waals surface area contributed by atoms with Crippen LogP contribution in [0.25, 0.3) is 0 Å². The molecule has 0 fully saturated rings. The second kappa shape index (κ2) is 7.80. The Morgan fingerprint density at radius 2 is 1.79 bits per heavy atom. The first kappa shape index (κ1) is 13.4. The highest BCUT2D eigenvalue weighted by molar-refractivity contribution is 5.74. The largest absolute Gasteiger partial charge is 0.464 e. The maximum atomic E-state index is 11.1. The Hall–Kier alpha value is -0.570. The predicted octanol–water partition coefficient (Wildman–Crippen LogP) is 2.09. The van der Waals surface area contributed by atoms with Gasteiger partial charge in [0.1, 0.15) is 6.04 Å². The standard InChI is InChI=1S/C11H23NO2/c1-4-6-10(7-5-2)8-14-11(13)9(3)12/h9-10H,4-8,12H2,1-3H3/t9-/m0/s1. The summed E-state index contributed by atoms with van der Waals surface area (Å²) in [5, 5.41) is 0. The SMILES string of the molecule is CCCC(CCC)COC(=O)[C@H](C)N. The molecule has 0 aromatic carbocycles. The Morgan fingerprint density at radius 1 is 1.29 bits per heavy atom. The number of carbonyl (C=O) groups excluding carboxylic acids is 1. The number of hydrogen-bond acceptors (Lipinski definition) is 3. The maximum Gasteiger partial charge on any atom is 0.322 e. The average Bonchev–Trinajstić information content (AvgIpc) is 2.14. The smallest absolute Gasteiger partial charge is 0.322 e. The first-order valence-electron chi connectivity index (χ1n) is 5.54. The Morgan fingerprint density at radius 3 is 2.14 bits per heavy atom. The van der Waals surface area contributed by atoms with Crippen LogP contribution in [0.4, 0.5) is 0 Å². The molecule has 14 heavy (non-hydrogen) atoms. The molecule has 3 nitrogen and oxygen atoms in total. The fraction of sp³-hybridized carbons (Fsp3) is 0.909. The van der Waals surface area contributed by atoms with Gasteiger partial charge in [0.15, 0.2) is 0 Å². The minimum atomic E-state index is -0.501. The van der Waals surface area contributed by atoms with Gasteiger partial charge in [-0.15, -0.1) is 0 Å². The molecule has 2 N–H and O–H groups in total. The molecule has 0 amide bonds. The van der Waals surface area contributed by atoms with E-state index in [4.69, 9.17) is 10.5 Å². The van der Waals surface area contributed by atoms with Crippen LogP contribution in [-0.4, -0.2) is 18.6 Å². The molecule has 0 heterocycles. The molecule has 0 saturated carbocycles. The van der Waals surface area contributed by atoms with Crippen molar-refractivity contribution in [3.8, 4) is 0 Å². The molecule has 3 heteroatoms. The molecule has 0 aliphatic rings. The van der Waals surface area contributed by atoms with Gasteiger partial charge in [-0.2, -0.15) is 0 Å². The number of rotatable bonds is 7. The summed E-state index contributed by atoms with van der Waals surface area (Å²) < 4.78 is 5.11. The highest BCUT2D eigenvalue weighted by Crippen LogP contribution is 2.13. The van der Waals surface area contributed by atoms with Crippen molar-refractivity contribution in [3.05, 3.63) is 0 Å². The molecule has 0 aliphatic carbocycles. The van der Waals surface area contributed by atoms with E-state index in [2.05, 4.69) is 13.8 Å². The topological polar surface area (TPSA) is 52.3 Å². The lowest BCUT2D eigenvalue weighted by atomic mass is 9.99. The Labute approximate surface area is 87.0 Å². The van der Waals surface area contributed by atoms with E-state index in [0.717, 1.165) is 25.7 Å². The van der Waals surface area contributed by atoms with Crippen molar-refractivity contribution < 1.29 is 9.53 Å². The molecule has 0 aliphatic heterocycles. The molecular formula is C11H23NO2. The molecule has 0 radical (unpaired) electrons. The second-order valence-electron chi connectivity index (χ2n) is 3.86. The van der Waals surface area contributed by atoms with E-state index in [0.29, 0.717) is 12.5 Å². The van der Waals surface area contributed by atoms with E-state index in [1.165, 1.54) is 0 Å². The minimum Gasteiger partial charge on any atom is -0.464 e. The van der Waals surface area contributed by atoms with Gasteiger partial charge in [-0.05, 0) is 25.7 Å². The van der Waals surface area contributed by atoms with Crippen LogP contribution < -0.4 is 5.73 Å². The molecule has 1 atom stereocenters. The van der Waals surface area contributed by atoms with Gasteiger partial charge in [0.2, 0.25) is 0 Å². The Bertz CT molecular complexity index is 151. The van der Waals surface area contributed by atoms with Crippen molar-refractivity contribution in [2.75, 3.05) is 6.61 Å². The number of esters is 1. The van der Waals surface area contributed by atoms with Crippen LogP contribution in [0.1, 0.15) is 46.5 Å². The summed E-state index contributed by atoms with van der Waals surface area (Å²) in [6, 6.07) is -0.501. The van der Waals surface area contributed by atoms with E-state index >= 15 is 0 Å². The zero-order chi connectivity index (χ0) is 11.0. The lowest BCUT2D eigenvalue weighted by Gasteiger charge is -2.16. The van der Waals surface area contributed by atoms with Crippen molar-refractivity contribution in [1.82, 2.24) is 0 Å². The van der Waals surface area contributed by atoms with Crippen LogP contribution in [0.3, 0.4) is 0 Å². The summed E-state index contributed by atoms with van der Waals surface area (Å²) in [5.41, 5.74) is 5.40. The van der Waals surface area contributed by atoms with Crippen molar-refractivity contribution in [2.45, 2.75) is 52.5 Å². The lowest BCUT2D eigenvalue weighted by Crippen LogP contribution is -2.30. The fourth-order valence-electron chi connectivity index (χ4n) is 1.46. The van der Waals surface area contributed by atoms with E-state index in [-0.39, 0.29) is 5.97 Å². The van der Waals surface area contributed by atoms with Gasteiger partial charge in [0, 0.05) is 0 Å². The Balaban J connectivity index is 3.74. The molecule has 0 aromatic rings. The van der Waals surface area contributed by atoms with E-state index in [1.54, 1.807) is 6.92 Å². The van der Waals surface area contributed by atoms with Crippen LogP contribution in [0.2, 0.25) is 0 Å². The number of nitrogens with two attached hydrogens (primary N) is 1. The van der Waals surface area contributed by atoms with Gasteiger partial charge in [-0.25, -0.2) is 0 Å².